The maximum Gasteiger partial charge on any atom is 0.267 e. The number of carbonyl (C=O) groups excluding carboxylic acids is 1. The van der Waals surface area contributed by atoms with Crippen LogP contribution in [-0.2, 0) is 17.8 Å². The van der Waals surface area contributed by atoms with Gasteiger partial charge in [0.2, 0.25) is 5.91 Å². The highest BCUT2D eigenvalue weighted by atomic mass is 16.3. The van der Waals surface area contributed by atoms with Crippen molar-refractivity contribution in [3.05, 3.63) is 64.1 Å². The van der Waals surface area contributed by atoms with E-state index in [9.17, 15) is 9.59 Å². The quantitative estimate of drug-likeness (QED) is 0.812. The zero-order valence-corrected chi connectivity index (χ0v) is 13.2. The summed E-state index contributed by atoms with van der Waals surface area (Å²) in [6.45, 7) is 2.27. The number of hydrogen-bond acceptors (Lipinski definition) is 4. The molecule has 0 saturated carbocycles. The number of carbonyl (C=O) groups is 1. The molecule has 23 heavy (non-hydrogen) atoms. The minimum atomic E-state index is -0.309. The van der Waals surface area contributed by atoms with E-state index in [1.165, 1.54) is 6.07 Å². The lowest BCUT2D eigenvalue weighted by molar-refractivity contribution is -0.132. The van der Waals surface area contributed by atoms with Crippen LogP contribution in [0.15, 0.2) is 47.3 Å². The van der Waals surface area contributed by atoms with Crippen molar-refractivity contribution in [2.24, 2.45) is 0 Å². The number of aliphatic hydroxyl groups is 1. The van der Waals surface area contributed by atoms with E-state index in [2.05, 4.69) is 5.10 Å². The molecular weight excluding hydrogens is 294 g/mol. The Morgan fingerprint density at radius 1 is 1.17 bits per heavy atom. The molecule has 122 valence electrons. The molecule has 0 radical (unpaired) electrons. The highest BCUT2D eigenvalue weighted by Crippen LogP contribution is 2.02. The van der Waals surface area contributed by atoms with Crippen LogP contribution in [0.25, 0.3) is 0 Å². The summed E-state index contributed by atoms with van der Waals surface area (Å²) in [7, 11) is 0. The predicted octanol–water partition coefficient (Wildman–Crippen LogP) is 0.615. The summed E-state index contributed by atoms with van der Waals surface area (Å²) in [5.41, 5.74) is 1.49. The number of nitrogens with zero attached hydrogens (tertiary/aromatic N) is 3. The second-order valence-electron chi connectivity index (χ2n) is 5.31. The summed E-state index contributed by atoms with van der Waals surface area (Å²) in [5.74, 6) is -0.227. The van der Waals surface area contributed by atoms with Crippen LogP contribution in [0.4, 0.5) is 0 Å². The van der Waals surface area contributed by atoms with Gasteiger partial charge in [0.15, 0.2) is 0 Å². The van der Waals surface area contributed by atoms with E-state index >= 15 is 0 Å². The SMILES string of the molecule is Cc1ccc(=O)n(CC(=O)N(CCO)CCc2ccccc2)n1. The van der Waals surface area contributed by atoms with E-state index in [1.807, 2.05) is 30.3 Å². The number of benzene rings is 1. The number of aryl methyl sites for hydroxylation is 1. The Kier molecular flexibility index (Phi) is 6.05. The Bertz CT molecular complexity index is 698. The van der Waals surface area contributed by atoms with E-state index in [1.54, 1.807) is 17.9 Å². The molecule has 0 bridgehead atoms. The number of rotatable bonds is 7. The normalized spacial score (nSPS) is 10.5. The van der Waals surface area contributed by atoms with E-state index in [0.717, 1.165) is 10.2 Å². The van der Waals surface area contributed by atoms with Gasteiger partial charge in [-0.05, 0) is 25.0 Å². The van der Waals surface area contributed by atoms with Crippen molar-refractivity contribution in [1.82, 2.24) is 14.7 Å². The molecule has 1 N–H and O–H groups in total. The Labute approximate surface area is 135 Å². The first kappa shape index (κ1) is 16.9. The molecule has 0 atom stereocenters. The molecule has 0 unspecified atom stereocenters. The second-order valence-corrected chi connectivity index (χ2v) is 5.31. The van der Waals surface area contributed by atoms with Crippen molar-refractivity contribution in [1.29, 1.82) is 0 Å². The van der Waals surface area contributed by atoms with E-state index < -0.39 is 0 Å². The predicted molar refractivity (Wildman–Crippen MR) is 87.0 cm³/mol. The first-order valence-corrected chi connectivity index (χ1v) is 7.57. The van der Waals surface area contributed by atoms with Gasteiger partial charge in [0, 0.05) is 19.2 Å². The van der Waals surface area contributed by atoms with Gasteiger partial charge >= 0.3 is 0 Å². The molecule has 1 amide bonds. The summed E-state index contributed by atoms with van der Waals surface area (Å²) in [4.78, 5) is 25.7. The van der Waals surface area contributed by atoms with Crippen LogP contribution >= 0.6 is 0 Å². The van der Waals surface area contributed by atoms with Crippen molar-refractivity contribution in [3.8, 4) is 0 Å². The first-order valence-electron chi connectivity index (χ1n) is 7.57. The number of aromatic nitrogens is 2. The van der Waals surface area contributed by atoms with Crippen molar-refractivity contribution < 1.29 is 9.90 Å². The van der Waals surface area contributed by atoms with Gasteiger partial charge in [0.25, 0.3) is 5.56 Å². The van der Waals surface area contributed by atoms with Crippen LogP contribution in [-0.4, -0.2) is 45.4 Å². The monoisotopic (exact) mass is 315 g/mol. The summed E-state index contributed by atoms with van der Waals surface area (Å²) in [5, 5.41) is 13.2. The van der Waals surface area contributed by atoms with Crippen molar-refractivity contribution in [2.45, 2.75) is 19.9 Å². The van der Waals surface area contributed by atoms with Gasteiger partial charge in [-0.3, -0.25) is 9.59 Å². The molecule has 0 aliphatic carbocycles. The van der Waals surface area contributed by atoms with E-state index in [0.29, 0.717) is 18.7 Å². The molecule has 0 aliphatic heterocycles. The lowest BCUT2D eigenvalue weighted by Gasteiger charge is -2.22. The van der Waals surface area contributed by atoms with Crippen molar-refractivity contribution in [2.75, 3.05) is 19.7 Å². The zero-order chi connectivity index (χ0) is 16.7. The van der Waals surface area contributed by atoms with Gasteiger partial charge in [-0.1, -0.05) is 30.3 Å². The molecule has 1 aromatic carbocycles. The zero-order valence-electron chi connectivity index (χ0n) is 13.2. The van der Waals surface area contributed by atoms with E-state index in [4.69, 9.17) is 5.11 Å². The second kappa shape index (κ2) is 8.24. The van der Waals surface area contributed by atoms with Gasteiger partial charge in [-0.15, -0.1) is 0 Å². The third-order valence-electron chi connectivity index (χ3n) is 3.52. The Morgan fingerprint density at radius 2 is 1.91 bits per heavy atom. The summed E-state index contributed by atoms with van der Waals surface area (Å²) in [6.07, 6.45) is 0.697. The van der Waals surface area contributed by atoms with Crippen molar-refractivity contribution >= 4 is 5.91 Å². The fourth-order valence-electron chi connectivity index (χ4n) is 2.28. The average molecular weight is 315 g/mol. The Morgan fingerprint density at radius 3 is 2.61 bits per heavy atom. The van der Waals surface area contributed by atoms with E-state index in [-0.39, 0.29) is 31.2 Å². The topological polar surface area (TPSA) is 75.4 Å². The Balaban J connectivity index is 2.03. The Hall–Kier alpha value is -2.47. The lowest BCUT2D eigenvalue weighted by atomic mass is 10.1. The summed E-state index contributed by atoms with van der Waals surface area (Å²) < 4.78 is 1.16. The lowest BCUT2D eigenvalue weighted by Crippen LogP contribution is -2.40. The van der Waals surface area contributed by atoms with Gasteiger partial charge < -0.3 is 10.0 Å². The molecule has 2 aromatic rings. The van der Waals surface area contributed by atoms with Gasteiger partial charge in [0.1, 0.15) is 6.54 Å². The molecule has 0 spiro atoms. The van der Waals surface area contributed by atoms with Crippen LogP contribution in [0.2, 0.25) is 0 Å². The molecule has 6 nitrogen and oxygen atoms in total. The summed E-state index contributed by atoms with van der Waals surface area (Å²) >= 11 is 0. The third-order valence-corrected chi connectivity index (χ3v) is 3.52. The number of hydrogen-bond donors (Lipinski definition) is 1. The van der Waals surface area contributed by atoms with Crippen LogP contribution in [0.1, 0.15) is 11.3 Å². The van der Waals surface area contributed by atoms with Gasteiger partial charge in [-0.2, -0.15) is 5.10 Å². The highest BCUT2D eigenvalue weighted by molar-refractivity contribution is 5.75. The van der Waals surface area contributed by atoms with Crippen LogP contribution in [0.3, 0.4) is 0 Å². The van der Waals surface area contributed by atoms with Crippen LogP contribution < -0.4 is 5.56 Å². The first-order chi connectivity index (χ1) is 11.1. The molecule has 1 heterocycles. The molecule has 1 aromatic heterocycles. The fourth-order valence-corrected chi connectivity index (χ4v) is 2.28. The minimum Gasteiger partial charge on any atom is -0.395 e. The van der Waals surface area contributed by atoms with Crippen molar-refractivity contribution in [3.63, 3.8) is 0 Å². The van der Waals surface area contributed by atoms with Gasteiger partial charge in [-0.25, -0.2) is 4.68 Å². The standard InChI is InChI=1S/C17H21N3O3/c1-14-7-8-16(22)20(18-14)13-17(23)19(11-12-21)10-9-15-5-3-2-4-6-15/h2-8,21H,9-13H2,1H3. The van der Waals surface area contributed by atoms with Crippen LogP contribution in [0.5, 0.6) is 0 Å². The van der Waals surface area contributed by atoms with Gasteiger partial charge in [0.05, 0.1) is 12.3 Å². The molecule has 6 heteroatoms. The summed E-state index contributed by atoms with van der Waals surface area (Å²) in [6, 6.07) is 12.8. The van der Waals surface area contributed by atoms with Crippen LogP contribution in [0, 0.1) is 6.92 Å². The molecular formula is C17H21N3O3. The number of aliphatic hydroxyl groups excluding tert-OH is 1. The smallest absolute Gasteiger partial charge is 0.267 e. The minimum absolute atomic E-state index is 0.114. The molecule has 2 rings (SSSR count). The maximum absolute atomic E-state index is 12.4. The fraction of sp³-hybridized carbons (Fsp3) is 0.353. The molecule has 0 aliphatic rings. The molecule has 0 fully saturated rings. The molecule has 0 saturated heterocycles. The average Bonchev–Trinajstić information content (AvgIpc) is 2.55. The third kappa shape index (κ3) is 5.03. The largest absolute Gasteiger partial charge is 0.395 e. The number of amides is 1. The highest BCUT2D eigenvalue weighted by Gasteiger charge is 2.15. The maximum atomic E-state index is 12.4.